The van der Waals surface area contributed by atoms with Gasteiger partial charge in [0.05, 0.1) is 12.8 Å². The Balaban J connectivity index is 2.14. The Bertz CT molecular complexity index is 182. The molecule has 0 aliphatic rings. The molecule has 0 unspecified atom stereocenters. The van der Waals surface area contributed by atoms with Crippen LogP contribution in [0, 0.1) is 5.92 Å². The van der Waals surface area contributed by atoms with Crippen molar-refractivity contribution in [1.82, 2.24) is 4.98 Å². The van der Waals surface area contributed by atoms with Gasteiger partial charge in [-0.1, -0.05) is 13.8 Å². The van der Waals surface area contributed by atoms with Crippen molar-refractivity contribution in [3.05, 3.63) is 12.5 Å². The molecule has 0 aliphatic carbocycles. The monoisotopic (exact) mass is 155 g/mol. The molecular weight excluding hydrogens is 142 g/mol. The van der Waals surface area contributed by atoms with E-state index in [0.29, 0.717) is 18.6 Å². The van der Waals surface area contributed by atoms with E-state index < -0.39 is 0 Å². The summed E-state index contributed by atoms with van der Waals surface area (Å²) in [6, 6.07) is 0. The third-order valence-electron chi connectivity index (χ3n) is 1.33. The second-order valence-electron chi connectivity index (χ2n) is 2.83. The van der Waals surface area contributed by atoms with E-state index in [0.717, 1.165) is 6.42 Å². The summed E-state index contributed by atoms with van der Waals surface area (Å²) in [7, 11) is 0. The van der Waals surface area contributed by atoms with Gasteiger partial charge in [0.1, 0.15) is 6.26 Å². The van der Waals surface area contributed by atoms with Crippen LogP contribution in [-0.4, -0.2) is 11.6 Å². The molecule has 0 aromatic carbocycles. The van der Waals surface area contributed by atoms with Crippen molar-refractivity contribution in [2.45, 2.75) is 20.3 Å². The van der Waals surface area contributed by atoms with E-state index in [4.69, 9.17) is 9.15 Å². The highest BCUT2D eigenvalue weighted by Crippen LogP contribution is 2.06. The summed E-state index contributed by atoms with van der Waals surface area (Å²) in [6.45, 7) is 4.98. The van der Waals surface area contributed by atoms with E-state index in [1.54, 1.807) is 6.20 Å². The average Bonchev–Trinajstić information content (AvgIpc) is 2.39. The van der Waals surface area contributed by atoms with Crippen molar-refractivity contribution >= 4 is 0 Å². The highest BCUT2D eigenvalue weighted by Gasteiger charge is 1.98. The molecule has 3 heteroatoms. The molecule has 0 radical (unpaired) electrons. The van der Waals surface area contributed by atoms with E-state index in [1.807, 2.05) is 0 Å². The Morgan fingerprint density at radius 2 is 2.45 bits per heavy atom. The van der Waals surface area contributed by atoms with Crippen molar-refractivity contribution in [1.29, 1.82) is 0 Å². The Morgan fingerprint density at radius 1 is 1.64 bits per heavy atom. The Hall–Kier alpha value is -0.990. The van der Waals surface area contributed by atoms with Crippen molar-refractivity contribution in [2.24, 2.45) is 5.92 Å². The van der Waals surface area contributed by atoms with Crippen LogP contribution < -0.4 is 4.74 Å². The van der Waals surface area contributed by atoms with Gasteiger partial charge in [0, 0.05) is 0 Å². The van der Waals surface area contributed by atoms with Crippen LogP contribution in [0.25, 0.3) is 0 Å². The maximum Gasteiger partial charge on any atom is 0.393 e. The van der Waals surface area contributed by atoms with Crippen molar-refractivity contribution < 1.29 is 9.15 Å². The van der Waals surface area contributed by atoms with E-state index in [9.17, 15) is 0 Å². The molecule has 1 aromatic heterocycles. The highest BCUT2D eigenvalue weighted by atomic mass is 16.6. The molecule has 0 amide bonds. The van der Waals surface area contributed by atoms with E-state index in [-0.39, 0.29) is 0 Å². The van der Waals surface area contributed by atoms with Gasteiger partial charge in [-0.2, -0.15) is 4.98 Å². The molecule has 0 bridgehead atoms. The van der Waals surface area contributed by atoms with E-state index in [1.165, 1.54) is 6.26 Å². The van der Waals surface area contributed by atoms with Gasteiger partial charge < -0.3 is 9.15 Å². The van der Waals surface area contributed by atoms with Crippen LogP contribution in [0.2, 0.25) is 0 Å². The third kappa shape index (κ3) is 3.07. The van der Waals surface area contributed by atoms with Crippen LogP contribution in [0.3, 0.4) is 0 Å². The Labute approximate surface area is 66.4 Å². The zero-order valence-electron chi connectivity index (χ0n) is 6.91. The van der Waals surface area contributed by atoms with Crippen LogP contribution in [0.5, 0.6) is 6.08 Å². The molecular formula is C8H13NO2. The lowest BCUT2D eigenvalue weighted by Gasteiger charge is -2.02. The molecule has 0 atom stereocenters. The van der Waals surface area contributed by atoms with Gasteiger partial charge in [0.2, 0.25) is 0 Å². The lowest BCUT2D eigenvalue weighted by molar-refractivity contribution is 0.216. The van der Waals surface area contributed by atoms with Gasteiger partial charge in [0.15, 0.2) is 0 Å². The molecule has 1 aromatic rings. The lowest BCUT2D eigenvalue weighted by atomic mass is 10.1. The zero-order chi connectivity index (χ0) is 8.10. The molecule has 0 spiro atoms. The van der Waals surface area contributed by atoms with Gasteiger partial charge in [-0.25, -0.2) is 0 Å². The summed E-state index contributed by atoms with van der Waals surface area (Å²) >= 11 is 0. The normalized spacial score (nSPS) is 10.5. The summed E-state index contributed by atoms with van der Waals surface area (Å²) in [6.07, 6.45) is 4.48. The smallest absolute Gasteiger partial charge is 0.393 e. The Kier molecular flexibility index (Phi) is 2.95. The molecule has 0 N–H and O–H groups in total. The maximum atomic E-state index is 5.18. The fraction of sp³-hybridized carbons (Fsp3) is 0.625. The number of ether oxygens (including phenoxy) is 1. The Morgan fingerprint density at radius 3 is 3.00 bits per heavy atom. The highest BCUT2D eigenvalue weighted by molar-refractivity contribution is 4.83. The van der Waals surface area contributed by atoms with Gasteiger partial charge in [0.25, 0.3) is 0 Å². The predicted molar refractivity (Wildman–Crippen MR) is 41.5 cm³/mol. The van der Waals surface area contributed by atoms with E-state index >= 15 is 0 Å². The minimum absolute atomic E-state index is 0.366. The van der Waals surface area contributed by atoms with Crippen LogP contribution in [0.1, 0.15) is 20.3 Å². The minimum Gasteiger partial charge on any atom is -0.450 e. The second-order valence-corrected chi connectivity index (χ2v) is 2.83. The molecule has 0 aliphatic heterocycles. The first kappa shape index (κ1) is 8.11. The second kappa shape index (κ2) is 4.01. The fourth-order valence-electron chi connectivity index (χ4n) is 0.664. The maximum absolute atomic E-state index is 5.18. The summed E-state index contributed by atoms with van der Waals surface area (Å²) in [4.78, 5) is 3.82. The largest absolute Gasteiger partial charge is 0.450 e. The topological polar surface area (TPSA) is 35.3 Å². The molecule has 62 valence electrons. The van der Waals surface area contributed by atoms with Crippen molar-refractivity contribution in [3.8, 4) is 6.08 Å². The van der Waals surface area contributed by atoms with Gasteiger partial charge in [-0.05, 0) is 12.3 Å². The fourth-order valence-corrected chi connectivity index (χ4v) is 0.664. The van der Waals surface area contributed by atoms with E-state index in [2.05, 4.69) is 18.8 Å². The number of oxazole rings is 1. The van der Waals surface area contributed by atoms with Crippen LogP contribution in [0.4, 0.5) is 0 Å². The number of hydrogen-bond acceptors (Lipinski definition) is 3. The summed E-state index contributed by atoms with van der Waals surface area (Å²) < 4.78 is 10.1. The first-order valence-corrected chi connectivity index (χ1v) is 3.81. The molecule has 1 heterocycles. The number of rotatable bonds is 4. The molecule has 0 fully saturated rings. The molecule has 3 nitrogen and oxygen atoms in total. The third-order valence-corrected chi connectivity index (χ3v) is 1.33. The first-order valence-electron chi connectivity index (χ1n) is 3.81. The van der Waals surface area contributed by atoms with Gasteiger partial charge >= 0.3 is 6.08 Å². The van der Waals surface area contributed by atoms with Crippen molar-refractivity contribution in [2.75, 3.05) is 6.61 Å². The molecule has 1 rings (SSSR count). The quantitative estimate of drug-likeness (QED) is 0.667. The predicted octanol–water partition coefficient (Wildman–Crippen LogP) is 2.10. The van der Waals surface area contributed by atoms with Crippen LogP contribution >= 0.6 is 0 Å². The van der Waals surface area contributed by atoms with Crippen LogP contribution in [-0.2, 0) is 0 Å². The number of hydrogen-bond donors (Lipinski definition) is 0. The summed E-state index contributed by atoms with van der Waals surface area (Å²) in [5, 5.41) is 0. The average molecular weight is 155 g/mol. The summed E-state index contributed by atoms with van der Waals surface area (Å²) in [5.41, 5.74) is 0. The van der Waals surface area contributed by atoms with Crippen LogP contribution in [0.15, 0.2) is 16.9 Å². The molecule has 0 saturated heterocycles. The number of aromatic nitrogens is 1. The van der Waals surface area contributed by atoms with Gasteiger partial charge in [-0.15, -0.1) is 0 Å². The minimum atomic E-state index is 0.366. The van der Waals surface area contributed by atoms with Gasteiger partial charge in [-0.3, -0.25) is 0 Å². The van der Waals surface area contributed by atoms with Crippen molar-refractivity contribution in [3.63, 3.8) is 0 Å². The standard InChI is InChI=1S/C8H13NO2/c1-7(2)3-5-10-8-9-4-6-11-8/h4,6-7H,3,5H2,1-2H3. The first-order chi connectivity index (χ1) is 5.29. The SMILES string of the molecule is CC(C)CCOc1ncco1. The number of nitrogens with zero attached hydrogens (tertiary/aromatic N) is 1. The lowest BCUT2D eigenvalue weighted by Crippen LogP contribution is -2.01. The zero-order valence-corrected chi connectivity index (χ0v) is 6.91. The summed E-state index contributed by atoms with van der Waals surface area (Å²) in [5.74, 6) is 0.657. The molecule has 11 heavy (non-hydrogen) atoms. The molecule has 0 saturated carbocycles.